The average molecular weight is 327 g/mol. The van der Waals surface area contributed by atoms with E-state index in [1.165, 1.54) is 0 Å². The van der Waals surface area contributed by atoms with Crippen molar-refractivity contribution in [1.29, 1.82) is 0 Å². The summed E-state index contributed by atoms with van der Waals surface area (Å²) in [7, 11) is 0. The molecule has 0 radical (unpaired) electrons. The summed E-state index contributed by atoms with van der Waals surface area (Å²) in [6.45, 7) is 2.34. The summed E-state index contributed by atoms with van der Waals surface area (Å²) in [5.41, 5.74) is 7.46. The lowest BCUT2D eigenvalue weighted by molar-refractivity contribution is -0.122. The van der Waals surface area contributed by atoms with Gasteiger partial charge < -0.3 is 15.8 Å². The lowest BCUT2D eigenvalue weighted by atomic mass is 10.1. The molecule has 120 valence electrons. The van der Waals surface area contributed by atoms with Crippen LogP contribution in [0.1, 0.15) is 11.3 Å². The molecule has 2 aromatic rings. The average Bonchev–Trinajstić information content (AvgIpc) is 2.90. The number of nitrogens with two attached hydrogens (primary N) is 1. The summed E-state index contributed by atoms with van der Waals surface area (Å²) in [6, 6.07) is 9.06. The largest absolute Gasteiger partial charge is 0.472 e. The van der Waals surface area contributed by atoms with Crippen molar-refractivity contribution in [3.05, 3.63) is 41.6 Å². The number of nitrogens with one attached hydrogen (secondary N) is 1. The fourth-order valence-corrected chi connectivity index (χ4v) is 1.77. The molecule has 8 heteroatoms. The highest BCUT2D eigenvalue weighted by Gasteiger charge is 2.13. The van der Waals surface area contributed by atoms with Crippen molar-refractivity contribution < 1.29 is 14.2 Å². The molecule has 22 heavy (non-hydrogen) atoms. The number of hydrogen-bond acceptors (Lipinski definition) is 6. The molecular weight excluding hydrogens is 308 g/mol. The monoisotopic (exact) mass is 326 g/mol. The topological polar surface area (TPSA) is 103 Å². The first-order valence-electron chi connectivity index (χ1n) is 6.66. The molecule has 1 atom stereocenters. The van der Waals surface area contributed by atoms with Crippen LogP contribution < -0.4 is 15.8 Å². The molecule has 0 saturated heterocycles. The molecule has 3 N–H and O–H groups in total. The molecular formula is C14H19ClN4O3. The first-order chi connectivity index (χ1) is 10.2. The summed E-state index contributed by atoms with van der Waals surface area (Å²) in [4.78, 5) is 11.8. The first-order valence-corrected chi connectivity index (χ1v) is 6.66. The van der Waals surface area contributed by atoms with Crippen LogP contribution in [-0.4, -0.2) is 35.4 Å². The number of carbonyl (C=O) groups excluding carboxylic acids is 1. The molecule has 1 aromatic carbocycles. The maximum Gasteiger partial charge on any atom is 0.278 e. The molecule has 0 spiro atoms. The van der Waals surface area contributed by atoms with Gasteiger partial charge in [-0.05, 0) is 24.1 Å². The van der Waals surface area contributed by atoms with E-state index in [1.807, 2.05) is 30.3 Å². The Morgan fingerprint density at radius 1 is 1.36 bits per heavy atom. The minimum atomic E-state index is -0.581. The Morgan fingerprint density at radius 3 is 2.73 bits per heavy atom. The van der Waals surface area contributed by atoms with Crippen molar-refractivity contribution in [2.75, 3.05) is 13.2 Å². The van der Waals surface area contributed by atoms with Crippen molar-refractivity contribution in [3.8, 4) is 5.88 Å². The van der Waals surface area contributed by atoms with Crippen LogP contribution in [0.4, 0.5) is 0 Å². The van der Waals surface area contributed by atoms with Crippen LogP contribution >= 0.6 is 12.4 Å². The van der Waals surface area contributed by atoms with E-state index in [2.05, 4.69) is 20.3 Å². The van der Waals surface area contributed by atoms with Crippen LogP contribution in [0, 0.1) is 6.92 Å². The molecule has 1 amide bonds. The van der Waals surface area contributed by atoms with Crippen molar-refractivity contribution in [1.82, 2.24) is 15.6 Å². The van der Waals surface area contributed by atoms with Gasteiger partial charge in [-0.3, -0.25) is 4.79 Å². The van der Waals surface area contributed by atoms with Crippen LogP contribution in [0.15, 0.2) is 35.0 Å². The van der Waals surface area contributed by atoms with Gasteiger partial charge >= 0.3 is 0 Å². The number of aromatic nitrogens is 2. The smallest absolute Gasteiger partial charge is 0.278 e. The van der Waals surface area contributed by atoms with Gasteiger partial charge in [0.15, 0.2) is 0 Å². The molecule has 0 unspecified atom stereocenters. The second kappa shape index (κ2) is 9.01. The number of nitrogens with zero attached hydrogens (tertiary/aromatic N) is 2. The molecule has 1 heterocycles. The highest BCUT2D eigenvalue weighted by molar-refractivity contribution is 5.85. The third kappa shape index (κ3) is 5.34. The molecule has 7 nitrogen and oxygen atoms in total. The molecule has 0 bridgehead atoms. The minimum Gasteiger partial charge on any atom is -0.472 e. The standard InChI is InChI=1S/C14H18N4O3.ClH/c1-10-14(18-21-17-10)20-8-7-16-13(19)12(15)9-11-5-3-2-4-6-11;/h2-6,12H,7-9,15H2,1H3,(H,16,19);1H/t12-;/m0./s1. The zero-order valence-corrected chi connectivity index (χ0v) is 13.0. The second-order valence-electron chi connectivity index (χ2n) is 4.59. The second-order valence-corrected chi connectivity index (χ2v) is 4.59. The summed E-state index contributed by atoms with van der Waals surface area (Å²) >= 11 is 0. The molecule has 0 fully saturated rings. The van der Waals surface area contributed by atoms with Gasteiger partial charge in [0.2, 0.25) is 5.91 Å². The molecule has 0 saturated carbocycles. The lowest BCUT2D eigenvalue weighted by Crippen LogP contribution is -2.43. The molecule has 0 aliphatic heterocycles. The number of ether oxygens (including phenoxy) is 1. The van der Waals surface area contributed by atoms with Crippen molar-refractivity contribution in [2.24, 2.45) is 5.73 Å². The van der Waals surface area contributed by atoms with Gasteiger partial charge in [0.1, 0.15) is 12.3 Å². The Bertz CT molecular complexity index is 576. The highest BCUT2D eigenvalue weighted by Crippen LogP contribution is 2.09. The third-order valence-corrected chi connectivity index (χ3v) is 2.89. The van der Waals surface area contributed by atoms with Crippen molar-refractivity contribution in [3.63, 3.8) is 0 Å². The van der Waals surface area contributed by atoms with Gasteiger partial charge in [-0.1, -0.05) is 35.5 Å². The van der Waals surface area contributed by atoms with Crippen molar-refractivity contribution >= 4 is 18.3 Å². The van der Waals surface area contributed by atoms with E-state index in [0.29, 0.717) is 24.5 Å². The molecule has 0 aliphatic rings. The van der Waals surface area contributed by atoms with Gasteiger partial charge in [0.05, 0.1) is 12.6 Å². The van der Waals surface area contributed by atoms with Crippen LogP contribution in [0.3, 0.4) is 0 Å². The van der Waals surface area contributed by atoms with Crippen LogP contribution in [0.25, 0.3) is 0 Å². The fraction of sp³-hybridized carbons (Fsp3) is 0.357. The van der Waals surface area contributed by atoms with Crippen LogP contribution in [-0.2, 0) is 11.2 Å². The normalized spacial score (nSPS) is 11.4. The van der Waals surface area contributed by atoms with E-state index in [4.69, 9.17) is 10.5 Å². The van der Waals surface area contributed by atoms with Crippen LogP contribution in [0.2, 0.25) is 0 Å². The number of rotatable bonds is 7. The Morgan fingerprint density at radius 2 is 2.09 bits per heavy atom. The predicted octanol–water partition coefficient (Wildman–Crippen LogP) is 0.865. The quantitative estimate of drug-likeness (QED) is 0.732. The minimum absolute atomic E-state index is 0. The third-order valence-electron chi connectivity index (χ3n) is 2.89. The Balaban J connectivity index is 0.00000242. The number of hydrogen-bond donors (Lipinski definition) is 2. The van der Waals surface area contributed by atoms with Gasteiger partial charge in [-0.2, -0.15) is 0 Å². The van der Waals surface area contributed by atoms with Crippen molar-refractivity contribution in [2.45, 2.75) is 19.4 Å². The van der Waals surface area contributed by atoms with E-state index >= 15 is 0 Å². The first kappa shape index (κ1) is 17.9. The van der Waals surface area contributed by atoms with E-state index in [1.54, 1.807) is 6.92 Å². The summed E-state index contributed by atoms with van der Waals surface area (Å²) in [6.07, 6.45) is 0.500. The van der Waals surface area contributed by atoms with Gasteiger partial charge in [-0.15, -0.1) is 12.4 Å². The SMILES string of the molecule is Cc1nonc1OCCNC(=O)[C@@H](N)Cc1ccccc1.Cl. The summed E-state index contributed by atoms with van der Waals surface area (Å²) in [5.74, 6) is 0.121. The van der Waals surface area contributed by atoms with Gasteiger partial charge in [0.25, 0.3) is 5.88 Å². The Hall–Kier alpha value is -2.12. The summed E-state index contributed by atoms with van der Waals surface area (Å²) in [5, 5.41) is 9.88. The van der Waals surface area contributed by atoms with E-state index < -0.39 is 6.04 Å². The number of benzene rings is 1. The van der Waals surface area contributed by atoms with E-state index in [0.717, 1.165) is 5.56 Å². The fourth-order valence-electron chi connectivity index (χ4n) is 1.77. The maximum absolute atomic E-state index is 11.8. The maximum atomic E-state index is 11.8. The van der Waals surface area contributed by atoms with Crippen LogP contribution in [0.5, 0.6) is 5.88 Å². The Labute approximate surface area is 134 Å². The lowest BCUT2D eigenvalue weighted by Gasteiger charge is -2.12. The highest BCUT2D eigenvalue weighted by atomic mass is 35.5. The zero-order valence-electron chi connectivity index (χ0n) is 12.2. The van der Waals surface area contributed by atoms with E-state index in [-0.39, 0.29) is 24.9 Å². The number of halogens is 1. The number of aryl methyl sites for hydroxylation is 1. The zero-order chi connectivity index (χ0) is 15.1. The number of amides is 1. The van der Waals surface area contributed by atoms with E-state index in [9.17, 15) is 4.79 Å². The predicted molar refractivity (Wildman–Crippen MR) is 82.9 cm³/mol. The molecule has 1 aromatic heterocycles. The number of carbonyl (C=O) groups is 1. The van der Waals surface area contributed by atoms with Gasteiger partial charge in [-0.25, -0.2) is 4.63 Å². The molecule has 0 aliphatic carbocycles. The Kier molecular flexibility index (Phi) is 7.34. The van der Waals surface area contributed by atoms with Gasteiger partial charge in [0, 0.05) is 0 Å². The molecule has 2 rings (SSSR count). The summed E-state index contributed by atoms with van der Waals surface area (Å²) < 4.78 is 9.80.